The number of nitrogens with two attached hydrogens (primary N) is 1. The van der Waals surface area contributed by atoms with Crippen LogP contribution in [0.4, 0.5) is 11.4 Å². The molecule has 26 heavy (non-hydrogen) atoms. The average Bonchev–Trinajstić information content (AvgIpc) is 2.62. The molecular weight excluding hydrogens is 354 g/mol. The third-order valence-electron chi connectivity index (χ3n) is 4.12. The Morgan fingerprint density at radius 2 is 1.73 bits per heavy atom. The van der Waals surface area contributed by atoms with Crippen molar-refractivity contribution in [1.29, 1.82) is 0 Å². The van der Waals surface area contributed by atoms with Crippen LogP contribution in [0.5, 0.6) is 0 Å². The number of primary amides is 1. The molecule has 0 atom stereocenters. The summed E-state index contributed by atoms with van der Waals surface area (Å²) in [6.07, 6.45) is 0. The molecule has 0 bridgehead atoms. The van der Waals surface area contributed by atoms with Crippen molar-refractivity contribution in [3.63, 3.8) is 0 Å². The Hall–Kier alpha value is -2.87. The zero-order chi connectivity index (χ0) is 19.5. The molecule has 0 saturated carbocycles. The van der Waals surface area contributed by atoms with Gasteiger partial charge in [-0.15, -0.1) is 0 Å². The van der Waals surface area contributed by atoms with Crippen LogP contribution in [0.2, 0.25) is 0 Å². The van der Waals surface area contributed by atoms with E-state index in [-0.39, 0.29) is 11.7 Å². The molecule has 2 rings (SSSR count). The highest BCUT2D eigenvalue weighted by molar-refractivity contribution is 7.92. The monoisotopic (exact) mass is 375 g/mol. The van der Waals surface area contributed by atoms with Gasteiger partial charge in [-0.3, -0.25) is 13.9 Å². The molecule has 0 saturated heterocycles. The molecular formula is C18H21N3O4S. The summed E-state index contributed by atoms with van der Waals surface area (Å²) in [4.78, 5) is 23.8. The minimum Gasteiger partial charge on any atom is -0.366 e. The Morgan fingerprint density at radius 1 is 1.12 bits per heavy atom. The maximum atomic E-state index is 12.4. The van der Waals surface area contributed by atoms with Crippen molar-refractivity contribution in [2.45, 2.75) is 13.8 Å². The number of carbonyl (C=O) groups is 2. The van der Waals surface area contributed by atoms with Crippen LogP contribution in [-0.2, 0) is 10.0 Å². The molecule has 0 aliphatic rings. The summed E-state index contributed by atoms with van der Waals surface area (Å²) in [6.45, 7) is 3.26. The molecule has 0 heterocycles. The van der Waals surface area contributed by atoms with Gasteiger partial charge in [0.2, 0.25) is 15.9 Å². The van der Waals surface area contributed by atoms with Gasteiger partial charge in [-0.25, -0.2) is 8.42 Å². The van der Waals surface area contributed by atoms with Crippen LogP contribution in [0.1, 0.15) is 33.2 Å². The fraction of sp³-hybridized carbons (Fsp3) is 0.222. The lowest BCUT2D eigenvalue weighted by Crippen LogP contribution is -2.28. The number of hydrogen-bond donors (Lipinski definition) is 2. The summed E-state index contributed by atoms with van der Waals surface area (Å²) in [5.41, 5.74) is 7.55. The maximum absolute atomic E-state index is 12.4. The second-order valence-corrected chi connectivity index (χ2v) is 8.00. The SMILES string of the molecule is CCS(=O)(=O)N(C)c1ccc(C(=O)Nc2cccc(C(N)=O)c2C)cc1. The van der Waals surface area contributed by atoms with Gasteiger partial charge >= 0.3 is 0 Å². The summed E-state index contributed by atoms with van der Waals surface area (Å²) < 4.78 is 25.0. The molecule has 0 aliphatic heterocycles. The quantitative estimate of drug-likeness (QED) is 0.806. The highest BCUT2D eigenvalue weighted by Crippen LogP contribution is 2.21. The van der Waals surface area contributed by atoms with E-state index in [1.54, 1.807) is 56.3 Å². The minimum absolute atomic E-state index is 0.0127. The third-order valence-corrected chi connectivity index (χ3v) is 5.90. The third kappa shape index (κ3) is 4.02. The summed E-state index contributed by atoms with van der Waals surface area (Å²) in [5.74, 6) is -0.952. The fourth-order valence-corrected chi connectivity index (χ4v) is 3.24. The van der Waals surface area contributed by atoms with Crippen LogP contribution in [0.15, 0.2) is 42.5 Å². The van der Waals surface area contributed by atoms with Crippen molar-refractivity contribution < 1.29 is 18.0 Å². The number of nitrogens with zero attached hydrogens (tertiary/aromatic N) is 1. The molecule has 2 amide bonds. The number of benzene rings is 2. The van der Waals surface area contributed by atoms with E-state index in [1.807, 2.05) is 0 Å². The van der Waals surface area contributed by atoms with Gasteiger partial charge in [0.05, 0.1) is 11.4 Å². The van der Waals surface area contributed by atoms with E-state index in [0.29, 0.717) is 28.1 Å². The second-order valence-electron chi connectivity index (χ2n) is 5.71. The van der Waals surface area contributed by atoms with Crippen LogP contribution < -0.4 is 15.4 Å². The number of carbonyl (C=O) groups excluding carboxylic acids is 2. The molecule has 8 heteroatoms. The molecule has 3 N–H and O–H groups in total. The van der Waals surface area contributed by atoms with Crippen molar-refractivity contribution in [3.05, 3.63) is 59.2 Å². The average molecular weight is 375 g/mol. The Labute approximate surface area is 152 Å². The van der Waals surface area contributed by atoms with E-state index in [9.17, 15) is 18.0 Å². The zero-order valence-electron chi connectivity index (χ0n) is 14.8. The first-order valence-corrected chi connectivity index (χ1v) is 9.55. The summed E-state index contributed by atoms with van der Waals surface area (Å²) in [6, 6.07) is 11.1. The molecule has 0 radical (unpaired) electrons. The molecule has 7 nitrogen and oxygen atoms in total. The molecule has 2 aromatic rings. The molecule has 0 fully saturated rings. The zero-order valence-corrected chi connectivity index (χ0v) is 15.6. The molecule has 2 aromatic carbocycles. The van der Waals surface area contributed by atoms with Crippen LogP contribution in [0.3, 0.4) is 0 Å². The molecule has 0 unspecified atom stereocenters. The van der Waals surface area contributed by atoms with Gasteiger partial charge in [-0.1, -0.05) is 6.07 Å². The first kappa shape index (κ1) is 19.5. The molecule has 0 aliphatic carbocycles. The lowest BCUT2D eigenvalue weighted by atomic mass is 10.1. The predicted octanol–water partition coefficient (Wildman–Crippen LogP) is 2.13. The number of hydrogen-bond acceptors (Lipinski definition) is 4. The summed E-state index contributed by atoms with van der Waals surface area (Å²) in [7, 11) is -1.90. The van der Waals surface area contributed by atoms with Crippen molar-refractivity contribution in [3.8, 4) is 0 Å². The van der Waals surface area contributed by atoms with Gasteiger partial charge in [0.1, 0.15) is 0 Å². The number of sulfonamides is 1. The Morgan fingerprint density at radius 3 is 2.27 bits per heavy atom. The largest absolute Gasteiger partial charge is 0.366 e. The lowest BCUT2D eigenvalue weighted by Gasteiger charge is -2.18. The maximum Gasteiger partial charge on any atom is 0.255 e. The Bertz CT molecular complexity index is 937. The predicted molar refractivity (Wildman–Crippen MR) is 102 cm³/mol. The van der Waals surface area contributed by atoms with Crippen molar-refractivity contribution in [2.24, 2.45) is 5.73 Å². The highest BCUT2D eigenvalue weighted by atomic mass is 32.2. The Balaban J connectivity index is 2.22. The van der Waals surface area contributed by atoms with E-state index >= 15 is 0 Å². The Kier molecular flexibility index (Phi) is 5.66. The number of anilines is 2. The van der Waals surface area contributed by atoms with Crippen LogP contribution in [0.25, 0.3) is 0 Å². The van der Waals surface area contributed by atoms with Gasteiger partial charge in [0, 0.05) is 23.9 Å². The molecule has 0 aromatic heterocycles. The van der Waals surface area contributed by atoms with E-state index in [2.05, 4.69) is 5.32 Å². The van der Waals surface area contributed by atoms with Crippen molar-refractivity contribution >= 4 is 33.2 Å². The number of amides is 2. The fourth-order valence-electron chi connectivity index (χ4n) is 2.41. The van der Waals surface area contributed by atoms with Gasteiger partial charge in [-0.05, 0) is 55.8 Å². The lowest BCUT2D eigenvalue weighted by molar-refractivity contribution is 0.0995. The standard InChI is InChI=1S/C18H21N3O4S/c1-4-26(24,25)21(3)14-10-8-13(9-11-14)18(23)20-16-7-5-6-15(12(16)2)17(19)22/h5-11H,4H2,1-3H3,(H2,19,22)(H,20,23). The summed E-state index contributed by atoms with van der Waals surface area (Å²) in [5, 5.41) is 2.73. The van der Waals surface area contributed by atoms with Crippen LogP contribution >= 0.6 is 0 Å². The van der Waals surface area contributed by atoms with E-state index < -0.39 is 15.9 Å². The number of rotatable bonds is 6. The van der Waals surface area contributed by atoms with E-state index in [4.69, 9.17) is 5.73 Å². The summed E-state index contributed by atoms with van der Waals surface area (Å²) >= 11 is 0. The smallest absolute Gasteiger partial charge is 0.255 e. The van der Waals surface area contributed by atoms with Gasteiger partial charge < -0.3 is 11.1 Å². The number of nitrogens with one attached hydrogen (secondary N) is 1. The first-order valence-electron chi connectivity index (χ1n) is 7.94. The van der Waals surface area contributed by atoms with Gasteiger partial charge in [0.25, 0.3) is 5.91 Å². The normalized spacial score (nSPS) is 11.0. The van der Waals surface area contributed by atoms with Crippen LogP contribution in [0, 0.1) is 6.92 Å². The van der Waals surface area contributed by atoms with Crippen molar-refractivity contribution in [1.82, 2.24) is 0 Å². The van der Waals surface area contributed by atoms with Gasteiger partial charge in [-0.2, -0.15) is 0 Å². The topological polar surface area (TPSA) is 110 Å². The minimum atomic E-state index is -3.36. The molecule has 0 spiro atoms. The van der Waals surface area contributed by atoms with E-state index in [1.165, 1.54) is 11.4 Å². The van der Waals surface area contributed by atoms with Crippen LogP contribution in [-0.4, -0.2) is 33.0 Å². The second kappa shape index (κ2) is 7.57. The first-order chi connectivity index (χ1) is 12.2. The highest BCUT2D eigenvalue weighted by Gasteiger charge is 2.17. The molecule has 138 valence electrons. The van der Waals surface area contributed by atoms with E-state index in [0.717, 1.165) is 0 Å². The van der Waals surface area contributed by atoms with Crippen molar-refractivity contribution in [2.75, 3.05) is 22.4 Å². The van der Waals surface area contributed by atoms with Gasteiger partial charge in [0.15, 0.2) is 0 Å².